The Kier molecular flexibility index (Phi) is 11.1. The first kappa shape index (κ1) is 15.8. The van der Waals surface area contributed by atoms with Crippen LogP contribution in [0.1, 0.15) is 19.8 Å². The first-order chi connectivity index (χ1) is 7.70. The first-order valence-electron chi connectivity index (χ1n) is 5.86. The molecule has 0 saturated heterocycles. The predicted octanol–water partition coefficient (Wildman–Crippen LogP) is -0.239. The first-order valence-corrected chi connectivity index (χ1v) is 5.86. The molecule has 3 N–H and O–H groups in total. The van der Waals surface area contributed by atoms with Crippen LogP contribution in [0.15, 0.2) is 0 Å². The van der Waals surface area contributed by atoms with Gasteiger partial charge in [-0.25, -0.2) is 0 Å². The summed E-state index contributed by atoms with van der Waals surface area (Å²) in [5.41, 5.74) is 0. The summed E-state index contributed by atoms with van der Waals surface area (Å²) in [4.78, 5) is 0. The Balaban J connectivity index is 3.15. The molecular formula is C11H25NO4. The molecule has 16 heavy (non-hydrogen) atoms. The second kappa shape index (κ2) is 11.3. The van der Waals surface area contributed by atoms with Crippen LogP contribution in [-0.4, -0.2) is 62.4 Å². The molecule has 0 heterocycles. The molecule has 2 atom stereocenters. The Morgan fingerprint density at radius 2 is 1.62 bits per heavy atom. The molecule has 98 valence electrons. The highest BCUT2D eigenvalue weighted by Crippen LogP contribution is 1.96. The van der Waals surface area contributed by atoms with Crippen molar-refractivity contribution >= 4 is 0 Å². The minimum absolute atomic E-state index is 0.307. The summed E-state index contributed by atoms with van der Waals surface area (Å²) in [7, 11) is 1.78. The molecule has 0 aliphatic heterocycles. The number of rotatable bonds is 11. The van der Waals surface area contributed by atoms with E-state index < -0.39 is 6.10 Å². The SMILES string of the molecule is CCCC(O)COCCOCC(O)CNC. The summed E-state index contributed by atoms with van der Waals surface area (Å²) >= 11 is 0. The van der Waals surface area contributed by atoms with Crippen LogP contribution >= 0.6 is 0 Å². The fraction of sp³-hybridized carbons (Fsp3) is 1.00. The molecular weight excluding hydrogens is 210 g/mol. The molecule has 0 amide bonds. The lowest BCUT2D eigenvalue weighted by molar-refractivity contribution is -0.0176. The second-order valence-corrected chi connectivity index (χ2v) is 3.80. The highest BCUT2D eigenvalue weighted by molar-refractivity contribution is 4.55. The predicted molar refractivity (Wildman–Crippen MR) is 62.5 cm³/mol. The molecule has 5 heteroatoms. The van der Waals surface area contributed by atoms with Gasteiger partial charge in [0.15, 0.2) is 0 Å². The fourth-order valence-electron chi connectivity index (χ4n) is 1.27. The maximum Gasteiger partial charge on any atom is 0.0897 e. The lowest BCUT2D eigenvalue weighted by Crippen LogP contribution is -2.28. The van der Waals surface area contributed by atoms with Gasteiger partial charge in [0.05, 0.1) is 38.6 Å². The topological polar surface area (TPSA) is 71.0 Å². The zero-order valence-electron chi connectivity index (χ0n) is 10.3. The summed E-state index contributed by atoms with van der Waals surface area (Å²) in [5, 5.41) is 21.5. The van der Waals surface area contributed by atoms with E-state index in [9.17, 15) is 10.2 Å². The van der Waals surface area contributed by atoms with Gasteiger partial charge in [-0.05, 0) is 13.5 Å². The summed E-state index contributed by atoms with van der Waals surface area (Å²) < 4.78 is 10.4. The quantitative estimate of drug-likeness (QED) is 0.431. The number of hydrogen-bond acceptors (Lipinski definition) is 5. The van der Waals surface area contributed by atoms with Gasteiger partial charge in [-0.1, -0.05) is 13.3 Å². The summed E-state index contributed by atoms with van der Waals surface area (Å²) in [6, 6.07) is 0. The molecule has 0 aliphatic carbocycles. The minimum atomic E-state index is -0.476. The van der Waals surface area contributed by atoms with Crippen molar-refractivity contribution in [2.45, 2.75) is 32.0 Å². The Morgan fingerprint density at radius 1 is 1.06 bits per heavy atom. The Labute approximate surface area is 97.8 Å². The van der Waals surface area contributed by atoms with Crippen LogP contribution in [0.5, 0.6) is 0 Å². The van der Waals surface area contributed by atoms with E-state index in [1.165, 1.54) is 0 Å². The van der Waals surface area contributed by atoms with E-state index in [2.05, 4.69) is 5.32 Å². The van der Waals surface area contributed by atoms with E-state index in [1.54, 1.807) is 7.05 Å². The molecule has 0 bridgehead atoms. The third-order valence-electron chi connectivity index (χ3n) is 2.05. The standard InChI is InChI=1S/C11H25NO4/c1-3-4-10(13)8-15-5-6-16-9-11(14)7-12-2/h10-14H,3-9H2,1-2H3. The number of aliphatic hydroxyl groups excluding tert-OH is 2. The largest absolute Gasteiger partial charge is 0.391 e. The van der Waals surface area contributed by atoms with E-state index in [-0.39, 0.29) is 6.10 Å². The molecule has 0 saturated carbocycles. The third-order valence-corrected chi connectivity index (χ3v) is 2.05. The van der Waals surface area contributed by atoms with Crippen LogP contribution in [-0.2, 0) is 9.47 Å². The Bertz CT molecular complexity index is 130. The van der Waals surface area contributed by atoms with E-state index in [4.69, 9.17) is 9.47 Å². The van der Waals surface area contributed by atoms with Crippen LogP contribution < -0.4 is 5.32 Å². The van der Waals surface area contributed by atoms with Crippen LogP contribution in [0.3, 0.4) is 0 Å². The third kappa shape index (κ3) is 10.3. The number of likely N-dealkylation sites (N-methyl/N-ethyl adjacent to an activating group) is 1. The molecule has 0 aromatic rings. The highest BCUT2D eigenvalue weighted by Gasteiger charge is 2.03. The second-order valence-electron chi connectivity index (χ2n) is 3.80. The van der Waals surface area contributed by atoms with Gasteiger partial charge in [0.1, 0.15) is 0 Å². The summed E-state index contributed by atoms with van der Waals surface area (Å²) in [6.07, 6.45) is 0.870. The lowest BCUT2D eigenvalue weighted by atomic mass is 10.2. The van der Waals surface area contributed by atoms with Crippen molar-refractivity contribution < 1.29 is 19.7 Å². The molecule has 0 aromatic carbocycles. The average molecular weight is 235 g/mol. The lowest BCUT2D eigenvalue weighted by Gasteiger charge is -2.12. The average Bonchev–Trinajstić information content (AvgIpc) is 2.24. The molecule has 0 aromatic heterocycles. The number of hydrogen-bond donors (Lipinski definition) is 3. The normalized spacial score (nSPS) is 15.0. The van der Waals surface area contributed by atoms with Crippen molar-refractivity contribution in [2.24, 2.45) is 0 Å². The number of ether oxygens (including phenoxy) is 2. The van der Waals surface area contributed by atoms with Crippen LogP contribution in [0.4, 0.5) is 0 Å². The van der Waals surface area contributed by atoms with Crippen molar-refractivity contribution in [3.8, 4) is 0 Å². The molecule has 0 aliphatic rings. The summed E-state index contributed by atoms with van der Waals surface area (Å²) in [5.74, 6) is 0. The molecule has 2 unspecified atom stereocenters. The van der Waals surface area contributed by atoms with Gasteiger partial charge in [0.2, 0.25) is 0 Å². The van der Waals surface area contributed by atoms with Crippen molar-refractivity contribution in [3.05, 3.63) is 0 Å². The van der Waals surface area contributed by atoms with Gasteiger partial charge >= 0.3 is 0 Å². The van der Waals surface area contributed by atoms with Gasteiger partial charge in [0.25, 0.3) is 0 Å². The fourth-order valence-corrected chi connectivity index (χ4v) is 1.27. The molecule has 5 nitrogen and oxygen atoms in total. The molecule has 0 spiro atoms. The zero-order chi connectivity index (χ0) is 12.2. The smallest absolute Gasteiger partial charge is 0.0897 e. The Hall–Kier alpha value is -0.200. The van der Waals surface area contributed by atoms with E-state index in [0.29, 0.717) is 33.0 Å². The van der Waals surface area contributed by atoms with Crippen LogP contribution in [0.2, 0.25) is 0 Å². The van der Waals surface area contributed by atoms with Crippen molar-refractivity contribution in [1.29, 1.82) is 0 Å². The molecule has 0 rings (SSSR count). The van der Waals surface area contributed by atoms with Crippen molar-refractivity contribution in [2.75, 3.05) is 40.0 Å². The monoisotopic (exact) mass is 235 g/mol. The van der Waals surface area contributed by atoms with Gasteiger partial charge in [-0.2, -0.15) is 0 Å². The van der Waals surface area contributed by atoms with Crippen molar-refractivity contribution in [1.82, 2.24) is 5.32 Å². The zero-order valence-corrected chi connectivity index (χ0v) is 10.3. The Morgan fingerprint density at radius 3 is 2.12 bits per heavy atom. The number of nitrogens with one attached hydrogen (secondary N) is 1. The van der Waals surface area contributed by atoms with E-state index in [1.807, 2.05) is 6.92 Å². The van der Waals surface area contributed by atoms with Crippen LogP contribution in [0.25, 0.3) is 0 Å². The highest BCUT2D eigenvalue weighted by atomic mass is 16.5. The van der Waals surface area contributed by atoms with Gasteiger partial charge in [-0.15, -0.1) is 0 Å². The van der Waals surface area contributed by atoms with Gasteiger partial charge in [-0.3, -0.25) is 0 Å². The maximum atomic E-state index is 9.35. The maximum absolute atomic E-state index is 9.35. The van der Waals surface area contributed by atoms with Crippen LogP contribution in [0, 0.1) is 0 Å². The van der Waals surface area contributed by atoms with E-state index in [0.717, 1.165) is 12.8 Å². The van der Waals surface area contributed by atoms with E-state index >= 15 is 0 Å². The van der Waals surface area contributed by atoms with Gasteiger partial charge < -0.3 is 25.0 Å². The number of aliphatic hydroxyl groups is 2. The molecule has 0 radical (unpaired) electrons. The molecule has 0 fully saturated rings. The summed E-state index contributed by atoms with van der Waals surface area (Å²) in [6.45, 7) is 4.11. The van der Waals surface area contributed by atoms with Gasteiger partial charge in [0, 0.05) is 6.54 Å². The minimum Gasteiger partial charge on any atom is -0.391 e. The van der Waals surface area contributed by atoms with Crippen molar-refractivity contribution in [3.63, 3.8) is 0 Å².